The summed E-state index contributed by atoms with van der Waals surface area (Å²) in [5.41, 5.74) is 14.1. The quantitative estimate of drug-likeness (QED) is 0.0136. The molecule has 3 aliphatic rings. The lowest BCUT2D eigenvalue weighted by atomic mass is 9.98. The number of rotatable bonds is 28. The van der Waals surface area contributed by atoms with E-state index in [9.17, 15) is 58.7 Å². The summed E-state index contributed by atoms with van der Waals surface area (Å²) in [5, 5.41) is 37.6. The molecule has 3 amide bonds. The lowest BCUT2D eigenvalue weighted by Gasteiger charge is -2.34. The summed E-state index contributed by atoms with van der Waals surface area (Å²) in [6.45, 7) is 5.72. The molecule has 0 atom stereocenters. The average molecular weight is 1560 g/mol. The standard InChI is InChI=1S/C29H31NO6S.C27H27F2NO6S.C27H29NO7S/c1-2-22-8-10-24(11-9-22)25-7-3-5-23(21-25)6-4-18-36-26-12-14-27(15-13-26)37(33,34)29(28(31)30-32)16-19-35-20-17-29;28-22-16-21(17-23(29)18-22)20-5-1-3-19(15-20)4-2-12-36-24-6-8-25(9-7-24)37(33,34)27(26(31)30-32)10-13-35-14-11-27;29-25-9-2-1-8-24(25)21-7-3-5-20(19-21)6-4-16-35-22-10-12-23(13-11-22)36(32,33)27(26(30)28-31)14-17-34-18-15-27/h2-3,5,7-15,21,32H,1,4,6,16-20H2,(H,30,31);1,3,5-9,15-18,32H,2,4,10-14H2,(H,30,31);1-3,5,7-13,19,29,31H,4,6,14-18H2,(H,28,30). The zero-order valence-corrected chi connectivity index (χ0v) is 62.7. The molecule has 0 unspecified atom stereocenters. The van der Waals surface area contributed by atoms with E-state index in [1.54, 1.807) is 42.5 Å². The smallest absolute Gasteiger partial charge is 0.265 e. The minimum absolute atomic E-state index is 0.00304. The van der Waals surface area contributed by atoms with Gasteiger partial charge in [-0.3, -0.25) is 30.0 Å². The number of hydroxylamine groups is 3. The summed E-state index contributed by atoms with van der Waals surface area (Å²) < 4.78 is 135. The Labute approximate surface area is 638 Å². The summed E-state index contributed by atoms with van der Waals surface area (Å²) in [6.07, 6.45) is 6.04. The molecular formula is C83H87F2N3O19S3. The van der Waals surface area contributed by atoms with Gasteiger partial charge in [-0.1, -0.05) is 128 Å². The fourth-order valence-corrected chi connectivity index (χ4v) is 19.3. The highest BCUT2D eigenvalue weighted by Crippen LogP contribution is 2.40. The third-order valence-corrected chi connectivity index (χ3v) is 27.2. The number of carbonyl (C=O) groups is 3. The number of nitrogens with one attached hydrogen (secondary N) is 3. The molecule has 0 aromatic heterocycles. The number of halogens is 2. The largest absolute Gasteiger partial charge is 0.507 e. The Bertz CT molecular complexity index is 4960. The van der Waals surface area contributed by atoms with Gasteiger partial charge in [0.15, 0.2) is 43.8 Å². The minimum atomic E-state index is -4.10. The van der Waals surface area contributed by atoms with Crippen molar-refractivity contribution >= 4 is 53.3 Å². The van der Waals surface area contributed by atoms with E-state index in [0.29, 0.717) is 61.0 Å². The van der Waals surface area contributed by atoms with Gasteiger partial charge < -0.3 is 33.5 Å². The van der Waals surface area contributed by atoms with Gasteiger partial charge in [0, 0.05) is 51.3 Å². The van der Waals surface area contributed by atoms with Gasteiger partial charge in [-0.05, 0) is 218 Å². The Morgan fingerprint density at radius 3 is 1.06 bits per heavy atom. The van der Waals surface area contributed by atoms with E-state index in [1.807, 2.05) is 78.9 Å². The SMILES string of the molecule is C=Cc1ccc(-c2cccc(CCCOc3ccc(S(=O)(=O)C4(C(=O)NO)CCOCC4)cc3)c2)cc1.O=C(NO)C1(S(=O)(=O)c2ccc(OCCCc3cccc(-c4cc(F)cc(F)c4)c3)cc2)CCOCC1.O=C(NO)C1(S(=O)(=O)c2ccc(OCCCc3cccc(-c4ccccc4O)c3)cc2)CCOCC1. The number of phenolic OH excluding ortho intramolecular Hbond substituents is 1. The number of ether oxygens (including phenoxy) is 6. The number of sulfone groups is 3. The molecule has 7 N–H and O–H groups in total. The van der Waals surface area contributed by atoms with E-state index < -0.39 is 73.1 Å². The molecule has 27 heteroatoms. The van der Waals surface area contributed by atoms with Crippen LogP contribution in [0.15, 0.2) is 234 Å². The van der Waals surface area contributed by atoms with Crippen LogP contribution < -0.4 is 30.7 Å². The van der Waals surface area contributed by atoms with Crippen LogP contribution in [-0.2, 0) is 77.4 Å². The van der Waals surface area contributed by atoms with Gasteiger partial charge in [0.25, 0.3) is 17.7 Å². The zero-order valence-electron chi connectivity index (χ0n) is 60.2. The van der Waals surface area contributed by atoms with E-state index in [1.165, 1.54) is 82.7 Å². The fraction of sp³-hybridized carbons (Fsp3) is 0.289. The van der Waals surface area contributed by atoms with Gasteiger partial charge in [-0.25, -0.2) is 50.5 Å². The second-order valence-corrected chi connectivity index (χ2v) is 33.3. The second-order valence-electron chi connectivity index (χ2n) is 26.5. The van der Waals surface area contributed by atoms with Crippen molar-refractivity contribution in [2.24, 2.45) is 0 Å². The Morgan fingerprint density at radius 1 is 0.400 bits per heavy atom. The van der Waals surface area contributed by atoms with Gasteiger partial charge in [-0.15, -0.1) is 0 Å². The first-order valence-corrected chi connectivity index (χ1v) is 40.2. The van der Waals surface area contributed by atoms with Crippen LogP contribution in [0.3, 0.4) is 0 Å². The molecule has 12 rings (SSSR count). The molecule has 9 aromatic rings. The normalized spacial score (nSPS) is 15.2. The van der Waals surface area contributed by atoms with Crippen molar-refractivity contribution in [2.45, 2.75) is 106 Å². The van der Waals surface area contributed by atoms with Crippen LogP contribution in [0, 0.1) is 11.6 Å². The summed E-state index contributed by atoms with van der Waals surface area (Å²) in [4.78, 5) is 37.0. The molecule has 580 valence electrons. The molecule has 3 saturated heterocycles. The van der Waals surface area contributed by atoms with Crippen LogP contribution >= 0.6 is 0 Å². The number of aromatic hydroxyl groups is 1. The maximum absolute atomic E-state index is 13.6. The molecular weight excluding hydrogens is 1480 g/mol. The molecule has 3 fully saturated rings. The number of hydrogen-bond acceptors (Lipinski definition) is 19. The Balaban J connectivity index is 0.000000176. The van der Waals surface area contributed by atoms with Crippen molar-refractivity contribution in [1.29, 1.82) is 0 Å². The predicted octanol–water partition coefficient (Wildman–Crippen LogP) is 13.2. The molecule has 22 nitrogen and oxygen atoms in total. The van der Waals surface area contributed by atoms with Crippen molar-refractivity contribution in [3.8, 4) is 56.4 Å². The zero-order chi connectivity index (χ0) is 78.4. The molecule has 0 spiro atoms. The summed E-state index contributed by atoms with van der Waals surface area (Å²) in [6, 6.07) is 60.5. The minimum Gasteiger partial charge on any atom is -0.507 e. The molecule has 0 radical (unpaired) electrons. The average Bonchev–Trinajstić information content (AvgIpc) is 0.759. The van der Waals surface area contributed by atoms with Crippen molar-refractivity contribution in [3.05, 3.63) is 253 Å². The predicted molar refractivity (Wildman–Crippen MR) is 408 cm³/mol. The highest BCUT2D eigenvalue weighted by atomic mass is 32.2. The second kappa shape index (κ2) is 38.0. The van der Waals surface area contributed by atoms with Crippen molar-refractivity contribution in [2.75, 3.05) is 59.5 Å². The first kappa shape index (κ1) is 82.3. The van der Waals surface area contributed by atoms with Crippen molar-refractivity contribution in [1.82, 2.24) is 16.4 Å². The van der Waals surface area contributed by atoms with Crippen LogP contribution in [0.1, 0.15) is 80.0 Å². The Hall–Kier alpha value is -10.2. The molecule has 0 bridgehead atoms. The van der Waals surface area contributed by atoms with E-state index in [4.69, 9.17) is 38.8 Å². The Morgan fingerprint density at radius 2 is 0.727 bits per heavy atom. The molecule has 110 heavy (non-hydrogen) atoms. The van der Waals surface area contributed by atoms with Gasteiger partial charge in [0.2, 0.25) is 0 Å². The number of hydrogen-bond donors (Lipinski definition) is 7. The maximum atomic E-state index is 13.6. The number of amides is 3. The van der Waals surface area contributed by atoms with E-state index >= 15 is 0 Å². The van der Waals surface area contributed by atoms with Crippen molar-refractivity contribution < 1.29 is 97.6 Å². The highest BCUT2D eigenvalue weighted by Gasteiger charge is 2.55. The van der Waals surface area contributed by atoms with Crippen LogP contribution in [0.5, 0.6) is 23.0 Å². The monoisotopic (exact) mass is 1560 g/mol. The molecule has 3 aliphatic heterocycles. The summed E-state index contributed by atoms with van der Waals surface area (Å²) in [7, 11) is -12.2. The van der Waals surface area contributed by atoms with Gasteiger partial charge in [0.05, 0.1) is 34.5 Å². The van der Waals surface area contributed by atoms with Gasteiger partial charge in [-0.2, -0.15) is 0 Å². The highest BCUT2D eigenvalue weighted by molar-refractivity contribution is 7.94. The van der Waals surface area contributed by atoms with Crippen molar-refractivity contribution in [3.63, 3.8) is 0 Å². The van der Waals surface area contributed by atoms with Crippen LogP contribution in [0.2, 0.25) is 0 Å². The third kappa shape index (κ3) is 19.5. The van der Waals surface area contributed by atoms with E-state index in [2.05, 4.69) is 36.9 Å². The van der Waals surface area contributed by atoms with E-state index in [0.717, 1.165) is 70.7 Å². The Kier molecular flexibility index (Phi) is 28.4. The number of phenols is 1. The number of benzene rings is 9. The lowest BCUT2D eigenvalue weighted by molar-refractivity contribution is -0.135. The van der Waals surface area contributed by atoms with Gasteiger partial charge >= 0.3 is 0 Å². The first-order chi connectivity index (χ1) is 53.0. The molecule has 0 aliphatic carbocycles. The maximum Gasteiger partial charge on any atom is 0.265 e. The lowest BCUT2D eigenvalue weighted by Crippen LogP contribution is -2.54. The fourth-order valence-electron chi connectivity index (χ4n) is 13.4. The van der Waals surface area contributed by atoms with Crippen LogP contribution in [0.4, 0.5) is 8.78 Å². The van der Waals surface area contributed by atoms with Crippen LogP contribution in [0.25, 0.3) is 39.5 Å². The molecule has 3 heterocycles. The summed E-state index contributed by atoms with van der Waals surface area (Å²) >= 11 is 0. The first-order valence-electron chi connectivity index (χ1n) is 35.8. The number of aryl methyl sites for hydroxylation is 3. The molecule has 0 saturated carbocycles. The van der Waals surface area contributed by atoms with Crippen LogP contribution in [-0.4, -0.2) is 137 Å². The van der Waals surface area contributed by atoms with Gasteiger partial charge in [0.1, 0.15) is 34.6 Å². The third-order valence-electron chi connectivity index (χ3n) is 19.7. The van der Waals surface area contributed by atoms with E-state index in [-0.39, 0.29) is 98.6 Å². The molecule has 9 aromatic carbocycles. The topological polar surface area (TPSA) is 326 Å². The number of carbonyl (C=O) groups excluding carboxylic acids is 3. The summed E-state index contributed by atoms with van der Waals surface area (Å²) in [5.74, 6) is -2.35. The number of para-hydroxylation sites is 1.